The van der Waals surface area contributed by atoms with Gasteiger partial charge in [0, 0.05) is 24.2 Å². The van der Waals surface area contributed by atoms with Crippen LogP contribution in [0.5, 0.6) is 5.75 Å². The molecule has 0 saturated heterocycles. The van der Waals surface area contributed by atoms with Gasteiger partial charge < -0.3 is 15.4 Å². The summed E-state index contributed by atoms with van der Waals surface area (Å²) in [6.45, 7) is 6.99. The number of anilines is 1. The molecule has 1 aromatic carbocycles. The van der Waals surface area contributed by atoms with Gasteiger partial charge >= 0.3 is 0 Å². The molecule has 1 aliphatic carbocycles. The highest BCUT2D eigenvalue weighted by molar-refractivity contribution is 5.51. The van der Waals surface area contributed by atoms with E-state index in [1.54, 1.807) is 0 Å². The summed E-state index contributed by atoms with van der Waals surface area (Å²) in [4.78, 5) is 0. The molecule has 0 aromatic heterocycles. The Labute approximate surface area is 110 Å². The van der Waals surface area contributed by atoms with Gasteiger partial charge in [-0.2, -0.15) is 0 Å². The average Bonchev–Trinajstić information content (AvgIpc) is 3.11. The highest BCUT2D eigenvalue weighted by atomic mass is 16.5. The van der Waals surface area contributed by atoms with Gasteiger partial charge in [-0.25, -0.2) is 0 Å². The van der Waals surface area contributed by atoms with Gasteiger partial charge in [0.25, 0.3) is 0 Å². The minimum atomic E-state index is 0.487. The van der Waals surface area contributed by atoms with E-state index in [1.165, 1.54) is 24.1 Å². The molecule has 3 nitrogen and oxygen atoms in total. The fourth-order valence-electron chi connectivity index (χ4n) is 2.33. The fourth-order valence-corrected chi connectivity index (χ4v) is 2.33. The molecule has 100 valence electrons. The molecular formula is C15H24N2O. The number of ether oxygens (including phenoxy) is 1. The third-order valence-electron chi connectivity index (χ3n) is 3.65. The Bertz CT molecular complexity index is 399. The van der Waals surface area contributed by atoms with Crippen LogP contribution in [-0.4, -0.2) is 26.7 Å². The van der Waals surface area contributed by atoms with Gasteiger partial charge in [0.1, 0.15) is 5.75 Å². The van der Waals surface area contributed by atoms with E-state index >= 15 is 0 Å². The molecular weight excluding hydrogens is 224 g/mol. The average molecular weight is 248 g/mol. The Morgan fingerprint density at radius 2 is 2.06 bits per heavy atom. The predicted octanol–water partition coefficient (Wildman–Crippen LogP) is 2.81. The van der Waals surface area contributed by atoms with Gasteiger partial charge in [-0.05, 0) is 57.5 Å². The molecule has 1 aromatic rings. The van der Waals surface area contributed by atoms with E-state index in [4.69, 9.17) is 4.74 Å². The highest BCUT2D eigenvalue weighted by Crippen LogP contribution is 2.44. The first-order chi connectivity index (χ1) is 8.69. The Hall–Kier alpha value is -1.22. The molecule has 2 rings (SSSR count). The lowest BCUT2D eigenvalue weighted by atomic mass is 10.1. The first-order valence-electron chi connectivity index (χ1n) is 6.81. The first kappa shape index (κ1) is 13.2. The van der Waals surface area contributed by atoms with Crippen LogP contribution in [0.15, 0.2) is 18.2 Å². The maximum Gasteiger partial charge on any atom is 0.122 e. The van der Waals surface area contributed by atoms with E-state index in [1.807, 2.05) is 14.0 Å². The predicted molar refractivity (Wildman–Crippen MR) is 76.4 cm³/mol. The van der Waals surface area contributed by atoms with Crippen molar-refractivity contribution in [1.82, 2.24) is 5.32 Å². The van der Waals surface area contributed by atoms with Crippen molar-refractivity contribution >= 4 is 5.69 Å². The third-order valence-corrected chi connectivity index (χ3v) is 3.65. The van der Waals surface area contributed by atoms with E-state index < -0.39 is 0 Å². The van der Waals surface area contributed by atoms with Crippen LogP contribution in [0.25, 0.3) is 0 Å². The summed E-state index contributed by atoms with van der Waals surface area (Å²) in [5.74, 6) is 0.986. The smallest absolute Gasteiger partial charge is 0.122 e. The van der Waals surface area contributed by atoms with Crippen molar-refractivity contribution in [3.8, 4) is 5.75 Å². The zero-order valence-corrected chi connectivity index (χ0v) is 11.7. The molecule has 0 heterocycles. The second-order valence-electron chi connectivity index (χ2n) is 5.30. The van der Waals surface area contributed by atoms with Crippen molar-refractivity contribution in [1.29, 1.82) is 0 Å². The largest absolute Gasteiger partial charge is 0.494 e. The van der Waals surface area contributed by atoms with Crippen molar-refractivity contribution in [2.45, 2.75) is 26.7 Å². The first-order valence-corrected chi connectivity index (χ1v) is 6.81. The second kappa shape index (κ2) is 5.61. The Morgan fingerprint density at radius 1 is 1.28 bits per heavy atom. The lowest BCUT2D eigenvalue weighted by Crippen LogP contribution is -2.26. The van der Waals surface area contributed by atoms with Gasteiger partial charge in [-0.3, -0.25) is 0 Å². The van der Waals surface area contributed by atoms with E-state index in [2.05, 4.69) is 35.8 Å². The Morgan fingerprint density at radius 3 is 2.61 bits per heavy atom. The summed E-state index contributed by atoms with van der Waals surface area (Å²) in [7, 11) is 2.03. The van der Waals surface area contributed by atoms with E-state index in [-0.39, 0.29) is 0 Å². The van der Waals surface area contributed by atoms with Crippen LogP contribution < -0.4 is 15.4 Å². The van der Waals surface area contributed by atoms with Crippen LogP contribution in [0.1, 0.15) is 25.3 Å². The Kier molecular flexibility index (Phi) is 4.12. The van der Waals surface area contributed by atoms with Crippen LogP contribution in [0.4, 0.5) is 5.69 Å². The third kappa shape index (κ3) is 3.16. The molecule has 2 N–H and O–H groups in total. The van der Waals surface area contributed by atoms with Gasteiger partial charge in [-0.15, -0.1) is 0 Å². The van der Waals surface area contributed by atoms with Crippen LogP contribution >= 0.6 is 0 Å². The summed E-state index contributed by atoms with van der Waals surface area (Å²) >= 11 is 0. The van der Waals surface area contributed by atoms with Crippen LogP contribution in [0.3, 0.4) is 0 Å². The summed E-state index contributed by atoms with van der Waals surface area (Å²) in [6, 6.07) is 6.33. The maximum absolute atomic E-state index is 5.55. The lowest BCUT2D eigenvalue weighted by molar-refractivity contribution is 0.338. The zero-order chi connectivity index (χ0) is 13.0. The van der Waals surface area contributed by atoms with Crippen molar-refractivity contribution in [3.05, 3.63) is 23.8 Å². The number of hydrogen-bond donors (Lipinski definition) is 2. The Balaban J connectivity index is 1.92. The highest BCUT2D eigenvalue weighted by Gasteiger charge is 2.41. The summed E-state index contributed by atoms with van der Waals surface area (Å²) in [5.41, 5.74) is 2.87. The maximum atomic E-state index is 5.55. The summed E-state index contributed by atoms with van der Waals surface area (Å²) in [5, 5.41) is 6.83. The summed E-state index contributed by atoms with van der Waals surface area (Å²) < 4.78 is 5.55. The van der Waals surface area contributed by atoms with Gasteiger partial charge in [-0.1, -0.05) is 0 Å². The van der Waals surface area contributed by atoms with Crippen molar-refractivity contribution in [2.75, 3.05) is 32.1 Å². The van der Waals surface area contributed by atoms with Gasteiger partial charge in [0.2, 0.25) is 0 Å². The van der Waals surface area contributed by atoms with Gasteiger partial charge in [0.15, 0.2) is 0 Å². The van der Waals surface area contributed by atoms with Crippen LogP contribution in [0.2, 0.25) is 0 Å². The molecule has 0 unspecified atom stereocenters. The molecule has 1 fully saturated rings. The topological polar surface area (TPSA) is 33.3 Å². The van der Waals surface area contributed by atoms with Gasteiger partial charge in [0.05, 0.1) is 6.61 Å². The monoisotopic (exact) mass is 248 g/mol. The fraction of sp³-hybridized carbons (Fsp3) is 0.600. The number of nitrogens with one attached hydrogen (secondary N) is 2. The quantitative estimate of drug-likeness (QED) is 0.778. The van der Waals surface area contributed by atoms with Crippen molar-refractivity contribution in [2.24, 2.45) is 5.41 Å². The molecule has 18 heavy (non-hydrogen) atoms. The lowest BCUT2D eigenvalue weighted by Gasteiger charge is -2.17. The zero-order valence-electron chi connectivity index (χ0n) is 11.7. The molecule has 1 aliphatic rings. The van der Waals surface area contributed by atoms with E-state index in [9.17, 15) is 0 Å². The molecule has 0 atom stereocenters. The molecule has 0 aliphatic heterocycles. The number of rotatable bonds is 7. The molecule has 0 amide bonds. The molecule has 0 radical (unpaired) electrons. The number of hydrogen-bond acceptors (Lipinski definition) is 3. The minimum absolute atomic E-state index is 0.487. The van der Waals surface area contributed by atoms with Crippen LogP contribution in [-0.2, 0) is 0 Å². The molecule has 1 saturated carbocycles. The van der Waals surface area contributed by atoms with E-state index in [0.717, 1.165) is 25.4 Å². The molecule has 3 heteroatoms. The normalized spacial score (nSPS) is 16.4. The number of aryl methyl sites for hydroxylation is 1. The second-order valence-corrected chi connectivity index (χ2v) is 5.30. The molecule has 0 spiro atoms. The number of benzene rings is 1. The molecule has 0 bridgehead atoms. The van der Waals surface area contributed by atoms with Crippen molar-refractivity contribution < 1.29 is 4.74 Å². The SMILES string of the molecule is CCOc1ccc(NCC2(CNC)CC2)cc1C. The van der Waals surface area contributed by atoms with Crippen molar-refractivity contribution in [3.63, 3.8) is 0 Å². The summed E-state index contributed by atoms with van der Waals surface area (Å²) in [6.07, 6.45) is 2.66. The standard InChI is InChI=1S/C15H24N2O/c1-4-18-14-6-5-13(9-12(14)2)17-11-15(7-8-15)10-16-3/h5-6,9,16-17H,4,7-8,10-11H2,1-3H3. The van der Waals surface area contributed by atoms with Crippen LogP contribution in [0, 0.1) is 12.3 Å². The minimum Gasteiger partial charge on any atom is -0.494 e. The van der Waals surface area contributed by atoms with E-state index in [0.29, 0.717) is 5.41 Å².